The zero-order chi connectivity index (χ0) is 13.1. The lowest BCUT2D eigenvalue weighted by molar-refractivity contribution is -0.130. The number of allylic oxidation sites excluding steroid dienone is 2. The van der Waals surface area contributed by atoms with Crippen molar-refractivity contribution in [1.29, 1.82) is 0 Å². The maximum absolute atomic E-state index is 11.4. The third kappa shape index (κ3) is 7.02. The zero-order valence-electron chi connectivity index (χ0n) is 9.72. The Kier molecular flexibility index (Phi) is 8.22. The third-order valence-electron chi connectivity index (χ3n) is 1.85. The molecular weight excluding hydrogens is 222 g/mol. The number of aliphatic imine (C=N–C) groups is 1. The molecule has 1 atom stereocenters. The molecule has 3 N–H and O–H groups in total. The second-order valence-corrected chi connectivity index (χ2v) is 3.08. The largest absolute Gasteiger partial charge is 0.387 e. The van der Waals surface area contributed by atoms with Gasteiger partial charge in [0.25, 0.3) is 0 Å². The van der Waals surface area contributed by atoms with E-state index in [1.54, 1.807) is 18.2 Å². The van der Waals surface area contributed by atoms with Crippen LogP contribution in [0.5, 0.6) is 0 Å². The molecule has 6 nitrogen and oxygen atoms in total. The average Bonchev–Trinajstić information content (AvgIpc) is 2.35. The number of carbonyl (C=O) groups is 2. The van der Waals surface area contributed by atoms with Crippen molar-refractivity contribution in [2.75, 3.05) is 13.7 Å². The van der Waals surface area contributed by atoms with Crippen LogP contribution in [0.4, 0.5) is 0 Å². The molecule has 0 aromatic carbocycles. The molecule has 17 heavy (non-hydrogen) atoms. The normalized spacial score (nSPS) is 12.6. The molecule has 0 aromatic rings. The van der Waals surface area contributed by atoms with Crippen LogP contribution < -0.4 is 10.6 Å². The van der Waals surface area contributed by atoms with Gasteiger partial charge < -0.3 is 15.7 Å². The van der Waals surface area contributed by atoms with Crippen LogP contribution in [0.2, 0.25) is 0 Å². The van der Waals surface area contributed by atoms with E-state index in [1.807, 2.05) is 0 Å². The Hall–Kier alpha value is -1.95. The highest BCUT2D eigenvalue weighted by atomic mass is 16.3. The number of aliphatic hydroxyl groups excluding tert-OH is 1. The minimum Gasteiger partial charge on any atom is -0.387 e. The predicted octanol–water partition coefficient (Wildman–Crippen LogP) is -0.630. The van der Waals surface area contributed by atoms with Crippen molar-refractivity contribution < 1.29 is 14.7 Å². The van der Waals surface area contributed by atoms with E-state index >= 15 is 0 Å². The number of aliphatic hydroxyl groups is 1. The highest BCUT2D eigenvalue weighted by Gasteiger charge is 2.17. The van der Waals surface area contributed by atoms with Gasteiger partial charge in [0.2, 0.25) is 11.8 Å². The van der Waals surface area contributed by atoms with Gasteiger partial charge in [-0.15, -0.1) is 0 Å². The van der Waals surface area contributed by atoms with Crippen LogP contribution in [0.15, 0.2) is 29.4 Å². The molecule has 0 radical (unpaired) electrons. The first-order chi connectivity index (χ1) is 8.15. The van der Waals surface area contributed by atoms with E-state index in [4.69, 9.17) is 5.11 Å². The molecule has 0 spiro atoms. The molecular formula is C11H17N3O3. The molecule has 0 aliphatic heterocycles. The first kappa shape index (κ1) is 15.0. The van der Waals surface area contributed by atoms with E-state index < -0.39 is 18.6 Å². The monoisotopic (exact) mass is 239 g/mol. The predicted molar refractivity (Wildman–Crippen MR) is 65.5 cm³/mol. The maximum atomic E-state index is 11.4. The summed E-state index contributed by atoms with van der Waals surface area (Å²) in [7, 11) is 1.48. The minimum atomic E-state index is -0.694. The van der Waals surface area contributed by atoms with Crippen LogP contribution >= 0.6 is 0 Å². The molecule has 0 saturated heterocycles. The lowest BCUT2D eigenvalue weighted by Crippen LogP contribution is -2.46. The molecule has 0 rings (SSSR count). The number of rotatable bonds is 7. The topological polar surface area (TPSA) is 90.8 Å². The quantitative estimate of drug-likeness (QED) is 0.408. The van der Waals surface area contributed by atoms with Crippen molar-refractivity contribution in [1.82, 2.24) is 10.6 Å². The van der Waals surface area contributed by atoms with Crippen LogP contribution in [0, 0.1) is 0 Å². The van der Waals surface area contributed by atoms with E-state index in [-0.39, 0.29) is 5.91 Å². The summed E-state index contributed by atoms with van der Waals surface area (Å²) in [6.07, 6.45) is 6.88. The lowest BCUT2D eigenvalue weighted by atomic mass is 10.1. The molecule has 0 fully saturated rings. The van der Waals surface area contributed by atoms with E-state index in [0.29, 0.717) is 6.42 Å². The molecule has 94 valence electrons. The molecule has 6 heteroatoms. The summed E-state index contributed by atoms with van der Waals surface area (Å²) in [5.41, 5.74) is 0. The molecule has 0 unspecified atom stereocenters. The number of likely N-dealkylation sites (N-methyl/N-ethyl adjacent to an activating group) is 1. The Morgan fingerprint density at radius 3 is 2.71 bits per heavy atom. The number of nitrogens with zero attached hydrogens (tertiary/aromatic N) is 1. The number of hydrogen-bond donors (Lipinski definition) is 3. The molecule has 0 aromatic heterocycles. The van der Waals surface area contributed by atoms with E-state index in [1.165, 1.54) is 13.2 Å². The van der Waals surface area contributed by atoms with Crippen molar-refractivity contribution >= 4 is 18.5 Å². The first-order valence-corrected chi connectivity index (χ1v) is 5.05. The van der Waals surface area contributed by atoms with Gasteiger partial charge in [-0.05, 0) is 19.2 Å². The van der Waals surface area contributed by atoms with Gasteiger partial charge >= 0.3 is 0 Å². The number of carbonyl (C=O) groups excluding carboxylic acids is 2. The first-order valence-electron chi connectivity index (χ1n) is 5.05. The van der Waals surface area contributed by atoms with Gasteiger partial charge in [-0.25, -0.2) is 0 Å². The standard InChI is InChI=1S/C11H17N3O3/c1-12-7-5-3-4-6-9(11(17)13-2)14-10(16)8-15/h3-5,7,9,15H,1,6,8H2,2H3,(H,13,17)(H,14,16)/b4-3+,7-5-/t9-/m0/s1. The van der Waals surface area contributed by atoms with Crippen molar-refractivity contribution in [3.05, 3.63) is 24.4 Å². The van der Waals surface area contributed by atoms with Crippen molar-refractivity contribution in [3.63, 3.8) is 0 Å². The highest BCUT2D eigenvalue weighted by Crippen LogP contribution is 1.95. The van der Waals surface area contributed by atoms with Gasteiger partial charge in [0.15, 0.2) is 0 Å². The van der Waals surface area contributed by atoms with Gasteiger partial charge in [-0.2, -0.15) is 0 Å². The molecule has 0 bridgehead atoms. The summed E-state index contributed by atoms with van der Waals surface area (Å²) in [6, 6.07) is -0.694. The Balaban J connectivity index is 4.33. The molecule has 0 aliphatic rings. The summed E-state index contributed by atoms with van der Waals surface area (Å²) >= 11 is 0. The fraction of sp³-hybridized carbons (Fsp3) is 0.364. The second-order valence-electron chi connectivity index (χ2n) is 3.08. The van der Waals surface area contributed by atoms with E-state index in [2.05, 4.69) is 22.3 Å². The van der Waals surface area contributed by atoms with Crippen LogP contribution in [0.3, 0.4) is 0 Å². The Morgan fingerprint density at radius 1 is 1.47 bits per heavy atom. The minimum absolute atomic E-state index is 0.317. The summed E-state index contributed by atoms with van der Waals surface area (Å²) in [6.45, 7) is 2.62. The third-order valence-corrected chi connectivity index (χ3v) is 1.85. The lowest BCUT2D eigenvalue weighted by Gasteiger charge is -2.14. The van der Waals surface area contributed by atoms with Gasteiger partial charge in [0, 0.05) is 13.2 Å². The van der Waals surface area contributed by atoms with E-state index in [9.17, 15) is 9.59 Å². The fourth-order valence-electron chi connectivity index (χ4n) is 1.05. The summed E-state index contributed by atoms with van der Waals surface area (Å²) in [5, 5.41) is 13.4. The Morgan fingerprint density at radius 2 is 2.18 bits per heavy atom. The summed E-state index contributed by atoms with van der Waals surface area (Å²) in [5.74, 6) is -0.905. The van der Waals surface area contributed by atoms with Gasteiger partial charge in [-0.3, -0.25) is 14.6 Å². The number of hydrogen-bond acceptors (Lipinski definition) is 4. The zero-order valence-corrected chi connectivity index (χ0v) is 9.72. The molecule has 0 heterocycles. The van der Waals surface area contributed by atoms with E-state index in [0.717, 1.165) is 0 Å². The van der Waals surface area contributed by atoms with Crippen molar-refractivity contribution in [2.24, 2.45) is 4.99 Å². The summed E-state index contributed by atoms with van der Waals surface area (Å²) in [4.78, 5) is 25.9. The Labute approximate surface area is 100 Å². The highest BCUT2D eigenvalue weighted by molar-refractivity contribution is 5.87. The summed E-state index contributed by atoms with van der Waals surface area (Å²) < 4.78 is 0. The SMILES string of the molecule is C=N/C=C\C=C\C[C@H](NC(=O)CO)C(=O)NC. The van der Waals surface area contributed by atoms with Crippen LogP contribution in [-0.4, -0.2) is 43.3 Å². The van der Waals surface area contributed by atoms with Crippen LogP contribution in [-0.2, 0) is 9.59 Å². The van der Waals surface area contributed by atoms with Gasteiger partial charge in [0.1, 0.15) is 12.6 Å². The smallest absolute Gasteiger partial charge is 0.246 e. The van der Waals surface area contributed by atoms with Gasteiger partial charge in [0.05, 0.1) is 0 Å². The fourth-order valence-corrected chi connectivity index (χ4v) is 1.05. The van der Waals surface area contributed by atoms with Crippen molar-refractivity contribution in [2.45, 2.75) is 12.5 Å². The molecule has 0 aliphatic carbocycles. The number of nitrogens with one attached hydrogen (secondary N) is 2. The average molecular weight is 239 g/mol. The van der Waals surface area contributed by atoms with Gasteiger partial charge in [-0.1, -0.05) is 12.2 Å². The van der Waals surface area contributed by atoms with Crippen LogP contribution in [0.1, 0.15) is 6.42 Å². The second kappa shape index (κ2) is 9.29. The maximum Gasteiger partial charge on any atom is 0.246 e. The Bertz CT molecular complexity index is 324. The van der Waals surface area contributed by atoms with Crippen molar-refractivity contribution in [3.8, 4) is 0 Å². The van der Waals surface area contributed by atoms with Crippen LogP contribution in [0.25, 0.3) is 0 Å². The number of amides is 2. The molecule has 0 saturated carbocycles. The molecule has 2 amide bonds.